The van der Waals surface area contributed by atoms with Gasteiger partial charge in [-0.1, -0.05) is 23.7 Å². The third-order valence-corrected chi connectivity index (χ3v) is 4.43. The molecule has 2 nitrogen and oxygen atoms in total. The van der Waals surface area contributed by atoms with E-state index in [9.17, 15) is 13.6 Å². The molecule has 2 aromatic rings. The summed E-state index contributed by atoms with van der Waals surface area (Å²) in [5, 5.41) is 0.611. The lowest BCUT2D eigenvalue weighted by Crippen LogP contribution is -2.13. The van der Waals surface area contributed by atoms with E-state index in [2.05, 4.69) is 0 Å². The topological polar surface area (TPSA) is 26.3 Å². The molecule has 0 unspecified atom stereocenters. The molecule has 2 aromatic carbocycles. The van der Waals surface area contributed by atoms with E-state index in [1.54, 1.807) is 12.1 Å². The summed E-state index contributed by atoms with van der Waals surface area (Å²) in [6.07, 6.45) is 2.19. The van der Waals surface area contributed by atoms with Crippen LogP contribution in [-0.4, -0.2) is 12.9 Å². The zero-order valence-electron chi connectivity index (χ0n) is 13.0. The smallest absolute Gasteiger partial charge is 0.165 e. The Morgan fingerprint density at radius 1 is 1.08 bits per heavy atom. The molecule has 5 heteroatoms. The van der Waals surface area contributed by atoms with Crippen molar-refractivity contribution in [3.63, 3.8) is 0 Å². The van der Waals surface area contributed by atoms with E-state index in [-0.39, 0.29) is 23.0 Å². The lowest BCUT2D eigenvalue weighted by atomic mass is 9.81. The molecule has 0 aromatic heterocycles. The van der Waals surface area contributed by atoms with Crippen molar-refractivity contribution >= 4 is 23.0 Å². The number of carbonyl (C=O) groups excluding carboxylic acids is 1. The van der Waals surface area contributed by atoms with Crippen LogP contribution in [0.15, 0.2) is 42.5 Å². The van der Waals surface area contributed by atoms with Crippen LogP contribution in [0.4, 0.5) is 8.78 Å². The SMILES string of the molecule is COc1cc(F)c(C2=CC(=O)C[C@H](c3ccc(Cl)cc3)C2)cc1F. The van der Waals surface area contributed by atoms with Gasteiger partial charge in [0.1, 0.15) is 5.82 Å². The molecular formula is C19H15ClF2O2. The average Bonchev–Trinajstić information content (AvgIpc) is 2.56. The van der Waals surface area contributed by atoms with Gasteiger partial charge in [0, 0.05) is 23.1 Å². The van der Waals surface area contributed by atoms with Gasteiger partial charge in [0.15, 0.2) is 17.3 Å². The van der Waals surface area contributed by atoms with Crippen LogP contribution in [-0.2, 0) is 4.79 Å². The first-order valence-electron chi connectivity index (χ1n) is 7.50. The molecule has 124 valence electrons. The normalized spacial score (nSPS) is 17.6. The van der Waals surface area contributed by atoms with Crippen LogP contribution in [0.2, 0.25) is 5.02 Å². The van der Waals surface area contributed by atoms with E-state index < -0.39 is 11.6 Å². The predicted molar refractivity (Wildman–Crippen MR) is 89.3 cm³/mol. The first kappa shape index (κ1) is 16.7. The standard InChI is InChI=1S/C19H15ClF2O2/c1-24-19-10-17(21)16(9-18(19)22)13-6-12(7-15(23)8-13)11-2-4-14(20)5-3-11/h2-5,8-10,12H,6-7H2,1H3/t12-/m1/s1. The molecule has 0 saturated carbocycles. The first-order chi connectivity index (χ1) is 11.5. The van der Waals surface area contributed by atoms with Crippen molar-refractivity contribution in [2.45, 2.75) is 18.8 Å². The Bertz CT molecular complexity index is 813. The summed E-state index contributed by atoms with van der Waals surface area (Å²) in [5.41, 5.74) is 1.54. The van der Waals surface area contributed by atoms with Gasteiger partial charge in [-0.05, 0) is 47.8 Å². The monoisotopic (exact) mass is 348 g/mol. The van der Waals surface area contributed by atoms with Gasteiger partial charge in [-0.2, -0.15) is 0 Å². The Hall–Kier alpha value is -2.20. The highest BCUT2D eigenvalue weighted by Crippen LogP contribution is 2.38. The average molecular weight is 349 g/mol. The second-order valence-electron chi connectivity index (χ2n) is 5.76. The number of methoxy groups -OCH3 is 1. The van der Waals surface area contributed by atoms with Gasteiger partial charge >= 0.3 is 0 Å². The van der Waals surface area contributed by atoms with Crippen LogP contribution >= 0.6 is 11.6 Å². The number of halogens is 3. The second kappa shape index (κ2) is 6.73. The molecule has 1 aliphatic rings. The highest BCUT2D eigenvalue weighted by Gasteiger charge is 2.25. The first-order valence-corrected chi connectivity index (χ1v) is 7.88. The van der Waals surface area contributed by atoms with Crippen molar-refractivity contribution in [3.05, 3.63) is 70.3 Å². The molecule has 0 N–H and O–H groups in total. The fraction of sp³-hybridized carbons (Fsp3) is 0.211. The number of rotatable bonds is 3. The van der Waals surface area contributed by atoms with Crippen molar-refractivity contribution in [3.8, 4) is 5.75 Å². The van der Waals surface area contributed by atoms with Gasteiger partial charge in [-0.15, -0.1) is 0 Å². The molecule has 0 spiro atoms. The fourth-order valence-electron chi connectivity index (χ4n) is 2.98. The predicted octanol–water partition coefficient (Wildman–Crippen LogP) is 5.16. The van der Waals surface area contributed by atoms with E-state index in [1.165, 1.54) is 13.2 Å². The fourth-order valence-corrected chi connectivity index (χ4v) is 3.11. The third-order valence-electron chi connectivity index (χ3n) is 4.18. The molecule has 0 fully saturated rings. The Labute approximate surface area is 143 Å². The number of hydrogen-bond donors (Lipinski definition) is 0. The Morgan fingerprint density at radius 3 is 2.46 bits per heavy atom. The van der Waals surface area contributed by atoms with Gasteiger partial charge in [0.2, 0.25) is 0 Å². The zero-order valence-corrected chi connectivity index (χ0v) is 13.7. The molecule has 24 heavy (non-hydrogen) atoms. The van der Waals surface area contributed by atoms with Gasteiger partial charge in [-0.3, -0.25) is 4.79 Å². The van der Waals surface area contributed by atoms with Crippen LogP contribution < -0.4 is 4.74 Å². The van der Waals surface area contributed by atoms with Gasteiger partial charge < -0.3 is 4.74 Å². The summed E-state index contributed by atoms with van der Waals surface area (Å²) < 4.78 is 33.0. The highest BCUT2D eigenvalue weighted by molar-refractivity contribution is 6.30. The van der Waals surface area contributed by atoms with Crippen molar-refractivity contribution in [1.82, 2.24) is 0 Å². The van der Waals surface area contributed by atoms with Crippen LogP contribution in [0.25, 0.3) is 5.57 Å². The van der Waals surface area contributed by atoms with Gasteiger partial charge in [-0.25, -0.2) is 8.78 Å². The second-order valence-corrected chi connectivity index (χ2v) is 6.20. The molecule has 0 aliphatic heterocycles. The van der Waals surface area contributed by atoms with Crippen molar-refractivity contribution < 1.29 is 18.3 Å². The number of allylic oxidation sites excluding steroid dienone is 2. The van der Waals surface area contributed by atoms with E-state index in [0.29, 0.717) is 23.4 Å². The molecule has 1 aliphatic carbocycles. The van der Waals surface area contributed by atoms with Gasteiger partial charge in [0.05, 0.1) is 7.11 Å². The van der Waals surface area contributed by atoms with Crippen LogP contribution in [0, 0.1) is 11.6 Å². The van der Waals surface area contributed by atoms with Crippen molar-refractivity contribution in [2.75, 3.05) is 7.11 Å². The molecular weight excluding hydrogens is 334 g/mol. The van der Waals surface area contributed by atoms with E-state index in [0.717, 1.165) is 17.7 Å². The molecule has 0 heterocycles. The number of hydrogen-bond acceptors (Lipinski definition) is 2. The number of carbonyl (C=O) groups is 1. The van der Waals surface area contributed by atoms with E-state index >= 15 is 0 Å². The van der Waals surface area contributed by atoms with E-state index in [4.69, 9.17) is 16.3 Å². The molecule has 0 amide bonds. The quantitative estimate of drug-likeness (QED) is 0.766. The number of ether oxygens (including phenoxy) is 1. The van der Waals surface area contributed by atoms with Crippen molar-refractivity contribution in [1.29, 1.82) is 0 Å². The molecule has 3 rings (SSSR count). The number of benzene rings is 2. The highest BCUT2D eigenvalue weighted by atomic mass is 35.5. The molecule has 0 bridgehead atoms. The molecule has 0 saturated heterocycles. The largest absolute Gasteiger partial charge is 0.494 e. The van der Waals surface area contributed by atoms with Crippen LogP contribution in [0.3, 0.4) is 0 Å². The summed E-state index contributed by atoms with van der Waals surface area (Å²) >= 11 is 5.89. The van der Waals surface area contributed by atoms with Crippen LogP contribution in [0.1, 0.15) is 29.9 Å². The summed E-state index contributed by atoms with van der Waals surface area (Å²) in [4.78, 5) is 12.1. The Kier molecular flexibility index (Phi) is 4.67. The summed E-state index contributed by atoms with van der Waals surface area (Å²) in [5.74, 6) is -1.61. The van der Waals surface area contributed by atoms with Gasteiger partial charge in [0.25, 0.3) is 0 Å². The van der Waals surface area contributed by atoms with Crippen LogP contribution in [0.5, 0.6) is 5.75 Å². The van der Waals surface area contributed by atoms with E-state index in [1.807, 2.05) is 12.1 Å². The summed E-state index contributed by atoms with van der Waals surface area (Å²) in [6.45, 7) is 0. The lowest BCUT2D eigenvalue weighted by molar-refractivity contribution is -0.115. The molecule has 1 atom stereocenters. The minimum absolute atomic E-state index is 0.0840. The van der Waals surface area contributed by atoms with Crippen molar-refractivity contribution in [2.24, 2.45) is 0 Å². The third kappa shape index (κ3) is 3.34. The summed E-state index contributed by atoms with van der Waals surface area (Å²) in [7, 11) is 1.28. The molecule has 0 radical (unpaired) electrons. The maximum Gasteiger partial charge on any atom is 0.165 e. The summed E-state index contributed by atoms with van der Waals surface area (Å²) in [6, 6.07) is 9.31. The zero-order chi connectivity index (χ0) is 17.3. The Balaban J connectivity index is 1.95. The maximum atomic E-state index is 14.3. The minimum Gasteiger partial charge on any atom is -0.494 e. The Morgan fingerprint density at radius 2 is 1.79 bits per heavy atom. The lowest BCUT2D eigenvalue weighted by Gasteiger charge is -2.23. The maximum absolute atomic E-state index is 14.3. The minimum atomic E-state index is -0.657. The number of ketones is 1.